The number of esters is 2. The SMILES string of the molecule is CCOC(=O)C(CC(C)(C)c1cccc(OC)c1)C(=O)OCC. The average Bonchev–Trinajstić information content (AvgIpc) is 2.53. The second kappa shape index (κ2) is 8.56. The molecule has 0 aliphatic rings. The van der Waals surface area contributed by atoms with Gasteiger partial charge in [-0.1, -0.05) is 26.0 Å². The van der Waals surface area contributed by atoms with Gasteiger partial charge in [0.25, 0.3) is 0 Å². The number of rotatable bonds is 8. The Labute approximate surface area is 137 Å². The van der Waals surface area contributed by atoms with E-state index in [1.807, 2.05) is 38.1 Å². The standard InChI is InChI=1S/C18H26O5/c1-6-22-16(19)15(17(20)23-7-2)12-18(3,4)13-9-8-10-14(11-13)21-5/h8-11,15H,6-7,12H2,1-5H3. The van der Waals surface area contributed by atoms with Crippen LogP contribution in [0.1, 0.15) is 39.7 Å². The zero-order valence-electron chi connectivity index (χ0n) is 14.5. The highest BCUT2D eigenvalue weighted by Gasteiger charge is 2.36. The fraction of sp³-hybridized carbons (Fsp3) is 0.556. The Morgan fingerprint density at radius 3 is 2.13 bits per heavy atom. The Kier molecular flexibility index (Phi) is 7.07. The molecule has 5 nitrogen and oxygen atoms in total. The van der Waals surface area contributed by atoms with Gasteiger partial charge in [0.1, 0.15) is 5.75 Å². The maximum absolute atomic E-state index is 12.1. The predicted molar refractivity (Wildman–Crippen MR) is 87.4 cm³/mol. The molecule has 0 aliphatic carbocycles. The molecule has 23 heavy (non-hydrogen) atoms. The fourth-order valence-corrected chi connectivity index (χ4v) is 2.42. The summed E-state index contributed by atoms with van der Waals surface area (Å²) in [6.45, 7) is 7.85. The van der Waals surface area contributed by atoms with Crippen molar-refractivity contribution in [3.05, 3.63) is 29.8 Å². The molecule has 0 radical (unpaired) electrons. The van der Waals surface area contributed by atoms with Gasteiger partial charge in [0.2, 0.25) is 0 Å². The molecule has 0 spiro atoms. The van der Waals surface area contributed by atoms with E-state index in [-0.39, 0.29) is 13.2 Å². The van der Waals surface area contributed by atoms with Gasteiger partial charge in [0, 0.05) is 0 Å². The summed E-state index contributed by atoms with van der Waals surface area (Å²) >= 11 is 0. The number of benzene rings is 1. The molecule has 1 aromatic carbocycles. The zero-order valence-corrected chi connectivity index (χ0v) is 14.5. The molecule has 0 saturated heterocycles. The first-order valence-electron chi connectivity index (χ1n) is 7.83. The minimum Gasteiger partial charge on any atom is -0.497 e. The van der Waals surface area contributed by atoms with Gasteiger partial charge in [-0.3, -0.25) is 9.59 Å². The highest BCUT2D eigenvalue weighted by atomic mass is 16.6. The summed E-state index contributed by atoms with van der Waals surface area (Å²) in [7, 11) is 1.60. The number of methoxy groups -OCH3 is 1. The molecule has 0 unspecified atom stereocenters. The summed E-state index contributed by atoms with van der Waals surface area (Å²) < 4.78 is 15.3. The van der Waals surface area contributed by atoms with E-state index in [4.69, 9.17) is 14.2 Å². The Morgan fingerprint density at radius 2 is 1.65 bits per heavy atom. The monoisotopic (exact) mass is 322 g/mol. The van der Waals surface area contributed by atoms with Crippen LogP contribution < -0.4 is 4.74 Å². The van der Waals surface area contributed by atoms with Crippen molar-refractivity contribution < 1.29 is 23.8 Å². The van der Waals surface area contributed by atoms with Crippen molar-refractivity contribution in [2.75, 3.05) is 20.3 Å². The first kappa shape index (κ1) is 19.0. The van der Waals surface area contributed by atoms with Crippen LogP contribution in [0, 0.1) is 5.92 Å². The molecule has 0 aliphatic heterocycles. The summed E-state index contributed by atoms with van der Waals surface area (Å²) in [5, 5.41) is 0. The van der Waals surface area contributed by atoms with Crippen molar-refractivity contribution in [3.63, 3.8) is 0 Å². The van der Waals surface area contributed by atoms with E-state index in [2.05, 4.69) is 0 Å². The molecular formula is C18H26O5. The van der Waals surface area contributed by atoms with Crippen molar-refractivity contribution in [2.24, 2.45) is 5.92 Å². The van der Waals surface area contributed by atoms with Gasteiger partial charge in [-0.2, -0.15) is 0 Å². The van der Waals surface area contributed by atoms with Gasteiger partial charge in [-0.15, -0.1) is 0 Å². The van der Waals surface area contributed by atoms with Gasteiger partial charge < -0.3 is 14.2 Å². The van der Waals surface area contributed by atoms with E-state index in [1.54, 1.807) is 21.0 Å². The molecule has 0 heterocycles. The van der Waals surface area contributed by atoms with Crippen LogP contribution in [-0.4, -0.2) is 32.3 Å². The molecule has 0 N–H and O–H groups in total. The lowest BCUT2D eigenvalue weighted by molar-refractivity contribution is -0.162. The van der Waals surface area contributed by atoms with Gasteiger partial charge in [-0.05, 0) is 43.4 Å². The van der Waals surface area contributed by atoms with E-state index < -0.39 is 23.3 Å². The molecular weight excluding hydrogens is 296 g/mol. The average molecular weight is 322 g/mol. The maximum Gasteiger partial charge on any atom is 0.320 e. The lowest BCUT2D eigenvalue weighted by Crippen LogP contribution is -2.34. The molecule has 1 rings (SSSR count). The fourth-order valence-electron chi connectivity index (χ4n) is 2.42. The molecule has 0 amide bonds. The molecule has 0 saturated carbocycles. The van der Waals surface area contributed by atoms with E-state index >= 15 is 0 Å². The van der Waals surface area contributed by atoms with Crippen LogP contribution in [0.5, 0.6) is 5.75 Å². The van der Waals surface area contributed by atoms with E-state index in [0.29, 0.717) is 6.42 Å². The van der Waals surface area contributed by atoms with E-state index in [9.17, 15) is 9.59 Å². The lowest BCUT2D eigenvalue weighted by Gasteiger charge is -2.28. The first-order valence-corrected chi connectivity index (χ1v) is 7.83. The normalized spacial score (nSPS) is 11.2. The molecule has 0 fully saturated rings. The van der Waals surface area contributed by atoms with Crippen LogP contribution in [-0.2, 0) is 24.5 Å². The molecule has 0 atom stereocenters. The Balaban J connectivity index is 3.03. The third-order valence-corrected chi connectivity index (χ3v) is 3.71. The summed E-state index contributed by atoms with van der Waals surface area (Å²) in [6, 6.07) is 7.61. The Morgan fingerprint density at radius 1 is 1.09 bits per heavy atom. The third kappa shape index (κ3) is 5.27. The van der Waals surface area contributed by atoms with Crippen LogP contribution in [0.3, 0.4) is 0 Å². The zero-order chi connectivity index (χ0) is 17.5. The van der Waals surface area contributed by atoms with Crippen LogP contribution in [0.4, 0.5) is 0 Å². The van der Waals surface area contributed by atoms with Crippen LogP contribution >= 0.6 is 0 Å². The second-order valence-corrected chi connectivity index (χ2v) is 5.88. The molecule has 0 aromatic heterocycles. The van der Waals surface area contributed by atoms with Gasteiger partial charge in [-0.25, -0.2) is 0 Å². The summed E-state index contributed by atoms with van der Waals surface area (Å²) in [4.78, 5) is 24.3. The smallest absolute Gasteiger partial charge is 0.320 e. The van der Waals surface area contributed by atoms with Crippen LogP contribution in [0.25, 0.3) is 0 Å². The molecule has 5 heteroatoms. The van der Waals surface area contributed by atoms with Gasteiger partial charge in [0.15, 0.2) is 5.92 Å². The van der Waals surface area contributed by atoms with E-state index in [0.717, 1.165) is 11.3 Å². The van der Waals surface area contributed by atoms with Crippen molar-refractivity contribution in [2.45, 2.75) is 39.5 Å². The topological polar surface area (TPSA) is 61.8 Å². The van der Waals surface area contributed by atoms with Crippen molar-refractivity contribution in [1.82, 2.24) is 0 Å². The predicted octanol–water partition coefficient (Wildman–Crippen LogP) is 3.11. The number of ether oxygens (including phenoxy) is 3. The first-order chi connectivity index (χ1) is 10.9. The Hall–Kier alpha value is -2.04. The summed E-state index contributed by atoms with van der Waals surface area (Å²) in [5.41, 5.74) is 0.564. The molecule has 1 aromatic rings. The van der Waals surface area contributed by atoms with Crippen molar-refractivity contribution in [3.8, 4) is 5.75 Å². The van der Waals surface area contributed by atoms with Gasteiger partial charge >= 0.3 is 11.9 Å². The number of hydrogen-bond acceptors (Lipinski definition) is 5. The van der Waals surface area contributed by atoms with Crippen LogP contribution in [0.2, 0.25) is 0 Å². The summed E-state index contributed by atoms with van der Waals surface area (Å²) in [6.07, 6.45) is 0.303. The highest BCUT2D eigenvalue weighted by Crippen LogP contribution is 2.33. The third-order valence-electron chi connectivity index (χ3n) is 3.71. The largest absolute Gasteiger partial charge is 0.497 e. The minimum absolute atomic E-state index is 0.230. The maximum atomic E-state index is 12.1. The minimum atomic E-state index is -0.934. The van der Waals surface area contributed by atoms with E-state index in [1.165, 1.54) is 0 Å². The van der Waals surface area contributed by atoms with Gasteiger partial charge in [0.05, 0.1) is 20.3 Å². The highest BCUT2D eigenvalue weighted by molar-refractivity contribution is 5.95. The quantitative estimate of drug-likeness (QED) is 0.543. The summed E-state index contributed by atoms with van der Waals surface area (Å²) in [5.74, 6) is -1.28. The number of hydrogen-bond donors (Lipinski definition) is 0. The van der Waals surface area contributed by atoms with Crippen LogP contribution in [0.15, 0.2) is 24.3 Å². The number of carbonyl (C=O) groups is 2. The molecule has 128 valence electrons. The Bertz CT molecular complexity index is 518. The lowest BCUT2D eigenvalue weighted by atomic mass is 9.77. The van der Waals surface area contributed by atoms with Crippen molar-refractivity contribution in [1.29, 1.82) is 0 Å². The number of carbonyl (C=O) groups excluding carboxylic acids is 2. The van der Waals surface area contributed by atoms with Crippen molar-refractivity contribution >= 4 is 11.9 Å². The molecule has 0 bridgehead atoms. The second-order valence-electron chi connectivity index (χ2n) is 5.88.